The number of carbonyl (C=O) groups excluding carboxylic acids is 4. The van der Waals surface area contributed by atoms with Gasteiger partial charge in [0.15, 0.2) is 12.2 Å². The number of aliphatic hydroxyl groups excluding tert-OH is 1. The average molecular weight is 1410 g/mol. The Morgan fingerprint density at radius 3 is 0.708 bits per heavy atom. The van der Waals surface area contributed by atoms with E-state index in [2.05, 4.69) is 34.6 Å². The maximum Gasteiger partial charge on any atom is 0.472 e. The van der Waals surface area contributed by atoms with Gasteiger partial charge in [0.2, 0.25) is 0 Å². The van der Waals surface area contributed by atoms with Crippen molar-refractivity contribution in [3.05, 3.63) is 0 Å². The van der Waals surface area contributed by atoms with E-state index in [-0.39, 0.29) is 25.7 Å². The fourth-order valence-corrected chi connectivity index (χ4v) is 13.5. The van der Waals surface area contributed by atoms with Crippen molar-refractivity contribution >= 4 is 39.5 Å². The molecule has 0 radical (unpaired) electrons. The molecule has 3 N–H and O–H groups in total. The highest BCUT2D eigenvalue weighted by molar-refractivity contribution is 7.47. The van der Waals surface area contributed by atoms with Crippen molar-refractivity contribution in [1.29, 1.82) is 0 Å². The Morgan fingerprint density at radius 1 is 0.281 bits per heavy atom. The van der Waals surface area contributed by atoms with E-state index in [0.29, 0.717) is 25.7 Å². The second-order valence-electron chi connectivity index (χ2n) is 28.2. The lowest BCUT2D eigenvalue weighted by molar-refractivity contribution is -0.161. The van der Waals surface area contributed by atoms with Gasteiger partial charge in [-0.05, 0) is 31.6 Å². The van der Waals surface area contributed by atoms with Gasteiger partial charge in [0.25, 0.3) is 0 Å². The van der Waals surface area contributed by atoms with Crippen molar-refractivity contribution in [2.45, 2.75) is 425 Å². The number of hydrogen-bond acceptors (Lipinski definition) is 15. The molecule has 2 unspecified atom stereocenters. The molecule has 0 amide bonds. The van der Waals surface area contributed by atoms with Crippen LogP contribution in [0.4, 0.5) is 0 Å². The average Bonchev–Trinajstić information content (AvgIpc) is 1.37. The van der Waals surface area contributed by atoms with E-state index in [1.54, 1.807) is 0 Å². The molecule has 0 aliphatic heterocycles. The minimum Gasteiger partial charge on any atom is -0.462 e. The van der Waals surface area contributed by atoms with Gasteiger partial charge in [0, 0.05) is 25.7 Å². The molecule has 17 nitrogen and oxygen atoms in total. The summed E-state index contributed by atoms with van der Waals surface area (Å²) in [6.45, 7) is 7.26. The first-order chi connectivity index (χ1) is 46.5. The van der Waals surface area contributed by atoms with E-state index in [4.69, 9.17) is 37.0 Å². The van der Waals surface area contributed by atoms with Gasteiger partial charge in [-0.1, -0.05) is 356 Å². The van der Waals surface area contributed by atoms with Crippen molar-refractivity contribution in [3.8, 4) is 0 Å². The zero-order valence-electron chi connectivity index (χ0n) is 62.5. The van der Waals surface area contributed by atoms with Crippen molar-refractivity contribution in [3.63, 3.8) is 0 Å². The van der Waals surface area contributed by atoms with Crippen LogP contribution in [0.1, 0.15) is 407 Å². The zero-order chi connectivity index (χ0) is 70.5. The Hall–Kier alpha value is -1.94. The number of hydrogen-bond donors (Lipinski definition) is 3. The quantitative estimate of drug-likeness (QED) is 0.0222. The molecule has 0 aromatic heterocycles. The Kier molecular flexibility index (Phi) is 68.7. The molecule has 0 spiro atoms. The lowest BCUT2D eigenvalue weighted by Gasteiger charge is -2.21. The minimum absolute atomic E-state index is 0.105. The molecular formula is C77H150O17P2. The van der Waals surface area contributed by atoms with Crippen LogP contribution >= 0.6 is 15.6 Å². The zero-order valence-corrected chi connectivity index (χ0v) is 64.3. The van der Waals surface area contributed by atoms with E-state index in [1.165, 1.54) is 231 Å². The highest BCUT2D eigenvalue weighted by Gasteiger charge is 2.30. The molecule has 5 atom stereocenters. The summed E-state index contributed by atoms with van der Waals surface area (Å²) in [5, 5.41) is 10.6. The third-order valence-electron chi connectivity index (χ3n) is 18.0. The number of carbonyl (C=O) groups is 4. The molecule has 0 fully saturated rings. The molecule has 0 aliphatic carbocycles. The summed E-state index contributed by atoms with van der Waals surface area (Å²) in [7, 11) is -9.91. The van der Waals surface area contributed by atoms with E-state index in [0.717, 1.165) is 95.8 Å². The highest BCUT2D eigenvalue weighted by Crippen LogP contribution is 2.45. The normalized spacial score (nSPS) is 13.9. The van der Waals surface area contributed by atoms with E-state index in [1.807, 2.05) is 0 Å². The molecule has 0 rings (SSSR count). The molecule has 96 heavy (non-hydrogen) atoms. The first-order valence-corrected chi connectivity index (χ1v) is 43.1. The number of aliphatic hydroxyl groups is 1. The Bertz CT molecular complexity index is 1840. The monoisotopic (exact) mass is 1410 g/mol. The SMILES string of the molecule is CCCCCCCCCCCCCCCCCCCCCCC(=O)O[C@H](COC(=O)CCCCCCCCCCCCCCCC)COP(=O)(O)OC[C@@H](O)COP(=O)(O)OC[C@@H](COC(=O)CCCCCCCCCCCCC)OC(=O)CCCCCCCCCCC(C)C. The number of esters is 4. The second-order valence-corrected chi connectivity index (χ2v) is 31.1. The van der Waals surface area contributed by atoms with Crippen LogP contribution in [0.15, 0.2) is 0 Å². The second kappa shape index (κ2) is 70.1. The van der Waals surface area contributed by atoms with Crippen LogP contribution in [0.3, 0.4) is 0 Å². The van der Waals surface area contributed by atoms with Gasteiger partial charge in [-0.2, -0.15) is 0 Å². The van der Waals surface area contributed by atoms with Crippen LogP contribution in [-0.2, 0) is 65.4 Å². The largest absolute Gasteiger partial charge is 0.472 e. The summed E-state index contributed by atoms with van der Waals surface area (Å²) in [4.78, 5) is 72.8. The fraction of sp³-hybridized carbons (Fsp3) is 0.948. The molecule has 0 aromatic rings. The maximum atomic E-state index is 13.1. The van der Waals surface area contributed by atoms with Crippen LogP contribution in [-0.4, -0.2) is 96.7 Å². The first-order valence-electron chi connectivity index (χ1n) is 40.1. The van der Waals surface area contributed by atoms with Crippen LogP contribution < -0.4 is 0 Å². The smallest absolute Gasteiger partial charge is 0.462 e. The van der Waals surface area contributed by atoms with Crippen molar-refractivity contribution < 1.29 is 80.2 Å². The molecule has 0 aliphatic rings. The molecule has 0 bridgehead atoms. The van der Waals surface area contributed by atoms with Crippen molar-refractivity contribution in [2.75, 3.05) is 39.6 Å². The Morgan fingerprint density at radius 2 is 0.479 bits per heavy atom. The van der Waals surface area contributed by atoms with E-state index < -0.39 is 97.5 Å². The molecule has 0 heterocycles. The number of phosphoric acid groups is 2. The topological polar surface area (TPSA) is 237 Å². The van der Waals surface area contributed by atoms with Gasteiger partial charge < -0.3 is 33.8 Å². The van der Waals surface area contributed by atoms with Crippen molar-refractivity contribution in [2.24, 2.45) is 5.92 Å². The van der Waals surface area contributed by atoms with Crippen LogP contribution in [0.5, 0.6) is 0 Å². The van der Waals surface area contributed by atoms with Gasteiger partial charge in [-0.3, -0.25) is 37.3 Å². The van der Waals surface area contributed by atoms with Gasteiger partial charge in [0.05, 0.1) is 26.4 Å². The summed E-state index contributed by atoms with van der Waals surface area (Å²) in [6.07, 6.45) is 59.7. The predicted octanol–water partition coefficient (Wildman–Crippen LogP) is 22.9. The predicted molar refractivity (Wildman–Crippen MR) is 391 cm³/mol. The summed E-state index contributed by atoms with van der Waals surface area (Å²) in [5.41, 5.74) is 0. The molecule has 19 heteroatoms. The molecule has 0 aromatic carbocycles. The number of rotatable bonds is 77. The highest BCUT2D eigenvalue weighted by atomic mass is 31.2. The minimum atomic E-state index is -4.96. The van der Waals surface area contributed by atoms with Crippen LogP contribution in [0.2, 0.25) is 0 Å². The lowest BCUT2D eigenvalue weighted by Crippen LogP contribution is -2.30. The van der Waals surface area contributed by atoms with E-state index >= 15 is 0 Å². The standard InChI is InChI=1S/C77H150O17P2/c1-6-9-12-15-18-21-24-26-28-29-30-31-32-33-35-38-41-47-52-57-62-76(81)93-72(66-88-75(80)61-56-51-46-40-37-34-27-25-22-19-16-13-10-7-2)68-91-95(83,84)89-64-71(78)65-90-96(85,86)92-69-73(94-77(82)63-58-53-48-43-42-44-49-54-59-70(4)5)67-87-74(79)60-55-50-45-39-36-23-20-17-14-11-8-3/h70-73,78H,6-69H2,1-5H3,(H,83,84)(H,85,86)/t71-,72-,73-/m1/s1. The number of unbranched alkanes of at least 4 members (excludes halogenated alkanes) is 49. The summed E-state index contributed by atoms with van der Waals surface area (Å²) < 4.78 is 68.5. The fourth-order valence-electron chi connectivity index (χ4n) is 11.9. The van der Waals surface area contributed by atoms with Gasteiger partial charge >= 0.3 is 39.5 Å². The first kappa shape index (κ1) is 94.1. The van der Waals surface area contributed by atoms with E-state index in [9.17, 15) is 43.2 Å². The molecule has 0 saturated carbocycles. The molecule has 0 saturated heterocycles. The number of ether oxygens (including phenoxy) is 4. The maximum absolute atomic E-state index is 13.1. The summed E-state index contributed by atoms with van der Waals surface area (Å²) in [5.74, 6) is -1.39. The third kappa shape index (κ3) is 70.5. The van der Waals surface area contributed by atoms with Crippen LogP contribution in [0.25, 0.3) is 0 Å². The van der Waals surface area contributed by atoms with Crippen LogP contribution in [0, 0.1) is 5.92 Å². The summed E-state index contributed by atoms with van der Waals surface area (Å²) in [6, 6.07) is 0. The molecular weight excluding hydrogens is 1260 g/mol. The van der Waals surface area contributed by atoms with Gasteiger partial charge in [-0.25, -0.2) is 9.13 Å². The van der Waals surface area contributed by atoms with Gasteiger partial charge in [0.1, 0.15) is 19.3 Å². The Balaban J connectivity index is 5.21. The lowest BCUT2D eigenvalue weighted by atomic mass is 10.0. The summed E-state index contributed by atoms with van der Waals surface area (Å²) >= 11 is 0. The van der Waals surface area contributed by atoms with Crippen molar-refractivity contribution in [1.82, 2.24) is 0 Å². The Labute approximate surface area is 588 Å². The van der Waals surface area contributed by atoms with Gasteiger partial charge in [-0.15, -0.1) is 0 Å². The third-order valence-corrected chi connectivity index (χ3v) is 19.9. The number of phosphoric ester groups is 2. The molecule has 570 valence electrons.